The van der Waals surface area contributed by atoms with Crippen LogP contribution in [0.5, 0.6) is 11.8 Å². The lowest BCUT2D eigenvalue weighted by Crippen LogP contribution is -2.51. The Bertz CT molecular complexity index is 3680. The van der Waals surface area contributed by atoms with E-state index in [1.54, 1.807) is 40.6 Å². The quantitative estimate of drug-likeness (QED) is 0.0711. The molecule has 3 amide bonds. The number of hydrogen-bond acceptors (Lipinski definition) is 18. The molecular formula is C64H75FN12O8S. The minimum Gasteiger partial charge on any atom is -0.508 e. The number of aliphatic hydroxyl groups is 1. The number of aromatic hydroxyl groups is 1. The number of thiazole rings is 1. The number of carbonyl (C=O) groups is 3. The average Bonchev–Trinajstić information content (AvgIpc) is 1.63. The molecule has 8 atom stereocenters. The van der Waals surface area contributed by atoms with Crippen LogP contribution in [0.25, 0.3) is 43.4 Å². The highest BCUT2D eigenvalue weighted by Gasteiger charge is 2.51. The van der Waals surface area contributed by atoms with Gasteiger partial charge in [0.15, 0.2) is 17.4 Å². The lowest BCUT2D eigenvalue weighted by Gasteiger charge is -2.36. The number of aromatic nitrogens is 5. The van der Waals surface area contributed by atoms with Crippen molar-refractivity contribution < 1.29 is 43.0 Å². The number of amides is 3. The van der Waals surface area contributed by atoms with Gasteiger partial charge in [0.05, 0.1) is 39.2 Å². The number of fused-ring (bicyclic) bond motifs is 5. The van der Waals surface area contributed by atoms with Gasteiger partial charge in [0, 0.05) is 88.2 Å². The van der Waals surface area contributed by atoms with E-state index in [0.29, 0.717) is 86.1 Å². The van der Waals surface area contributed by atoms with E-state index in [1.165, 1.54) is 4.90 Å². The van der Waals surface area contributed by atoms with Gasteiger partial charge in [0.2, 0.25) is 11.8 Å². The van der Waals surface area contributed by atoms with E-state index in [1.807, 2.05) is 80.6 Å². The molecule has 6 fully saturated rings. The zero-order chi connectivity index (χ0) is 59.5. The second-order valence-corrected chi connectivity index (χ2v) is 25.7. The molecule has 86 heavy (non-hydrogen) atoms. The summed E-state index contributed by atoms with van der Waals surface area (Å²) in [6.45, 7) is 14.3. The van der Waals surface area contributed by atoms with Gasteiger partial charge in [-0.05, 0) is 111 Å². The molecule has 13 rings (SSSR count). The number of piperazine rings is 2. The number of likely N-dealkylation sites (tertiary alicyclic amines) is 1. The number of aliphatic hydroxyl groups excluding tert-OH is 1. The summed E-state index contributed by atoms with van der Waals surface area (Å²) in [5, 5.41) is 35.0. The number of hydrogen-bond donors (Lipinski definition) is 4. The van der Waals surface area contributed by atoms with Gasteiger partial charge < -0.3 is 54.4 Å². The maximum absolute atomic E-state index is 17.4. The number of phenols is 1. The highest BCUT2D eigenvalue weighted by atomic mass is 32.1. The molecule has 4 aromatic heterocycles. The predicted octanol–water partition coefficient (Wildman–Crippen LogP) is 8.53. The first kappa shape index (κ1) is 57.5. The van der Waals surface area contributed by atoms with Crippen LogP contribution >= 0.6 is 11.3 Å². The van der Waals surface area contributed by atoms with Gasteiger partial charge in [-0.1, -0.05) is 68.4 Å². The third-order valence-electron chi connectivity index (χ3n) is 19.0. The summed E-state index contributed by atoms with van der Waals surface area (Å²) in [5.41, 5.74) is 6.16. The lowest BCUT2D eigenvalue weighted by atomic mass is 9.91. The zero-order valence-corrected chi connectivity index (χ0v) is 50.2. The van der Waals surface area contributed by atoms with Crippen molar-refractivity contribution in [2.75, 3.05) is 75.4 Å². The first-order valence-electron chi connectivity index (χ1n) is 30.6. The maximum Gasteiger partial charge on any atom is 0.409 e. The fraction of sp³-hybridized carbons (Fsp3) is 0.500. The number of anilines is 2. The zero-order valence-electron chi connectivity index (χ0n) is 49.4. The fourth-order valence-electron chi connectivity index (χ4n) is 14.5. The van der Waals surface area contributed by atoms with Gasteiger partial charge in [-0.2, -0.15) is 9.97 Å². The smallest absolute Gasteiger partial charge is 0.409 e. The molecule has 3 unspecified atom stereocenters. The summed E-state index contributed by atoms with van der Waals surface area (Å²) in [7, 11) is 0. The number of pyridine rings is 1. The third-order valence-corrected chi connectivity index (χ3v) is 20.0. The van der Waals surface area contributed by atoms with E-state index in [2.05, 4.69) is 37.5 Å². The van der Waals surface area contributed by atoms with E-state index >= 15 is 4.39 Å². The van der Waals surface area contributed by atoms with Gasteiger partial charge in [0.25, 0.3) is 0 Å². The van der Waals surface area contributed by atoms with Crippen LogP contribution < -0.4 is 25.2 Å². The molecule has 452 valence electrons. The molecule has 7 aromatic rings. The molecule has 4 N–H and O–H groups in total. The summed E-state index contributed by atoms with van der Waals surface area (Å²) >= 11 is 1.58. The van der Waals surface area contributed by atoms with Crippen LogP contribution in [0.2, 0.25) is 0 Å². The van der Waals surface area contributed by atoms with Gasteiger partial charge in [0.1, 0.15) is 48.0 Å². The molecule has 2 bridgehead atoms. The van der Waals surface area contributed by atoms with Crippen molar-refractivity contribution in [1.82, 2.24) is 50.4 Å². The third kappa shape index (κ3) is 10.9. The molecule has 0 radical (unpaired) electrons. The van der Waals surface area contributed by atoms with Crippen LogP contribution in [0.4, 0.5) is 20.8 Å². The molecule has 3 aromatic carbocycles. The Hall–Kier alpha value is -7.53. The van der Waals surface area contributed by atoms with Crippen molar-refractivity contribution in [2.24, 2.45) is 5.92 Å². The Balaban J connectivity index is 0.634. The van der Waals surface area contributed by atoms with Gasteiger partial charge in [-0.3, -0.25) is 19.5 Å². The topological polar surface area (TPSA) is 228 Å². The Morgan fingerprint density at radius 3 is 2.48 bits per heavy atom. The first-order valence-corrected chi connectivity index (χ1v) is 31.4. The van der Waals surface area contributed by atoms with E-state index in [4.69, 9.17) is 28.9 Å². The molecule has 6 aliphatic rings. The number of β-amino-alcohol motifs (C(OH)–C–C–N with tert-alkyl or cyclic N) is 1. The number of aryl methyl sites for hydroxylation is 2. The van der Waals surface area contributed by atoms with Gasteiger partial charge in [-0.15, -0.1) is 11.3 Å². The summed E-state index contributed by atoms with van der Waals surface area (Å²) in [6.07, 6.45) is 6.84. The van der Waals surface area contributed by atoms with Gasteiger partial charge in [-0.25, -0.2) is 14.2 Å². The van der Waals surface area contributed by atoms with Crippen LogP contribution in [-0.2, 0) is 20.7 Å². The predicted molar refractivity (Wildman–Crippen MR) is 325 cm³/mol. The number of phenolic OH excluding ortho intramolecular Hbond substituents is 1. The normalized spacial score (nSPS) is 23.8. The molecule has 20 nitrogen and oxygen atoms in total. The number of nitrogens with zero attached hydrogens (tertiary/aromatic N) is 10. The Labute approximate surface area is 503 Å². The van der Waals surface area contributed by atoms with E-state index in [-0.39, 0.29) is 90.6 Å². The summed E-state index contributed by atoms with van der Waals surface area (Å²) in [6, 6.07) is 18.4. The highest BCUT2D eigenvalue weighted by Crippen LogP contribution is 2.44. The second kappa shape index (κ2) is 23.6. The fourth-order valence-corrected chi connectivity index (χ4v) is 15.3. The van der Waals surface area contributed by atoms with Crippen LogP contribution in [-0.4, -0.2) is 169 Å². The number of carbonyl (C=O) groups excluding carboxylic acids is 3. The number of benzene rings is 3. The molecular weight excluding hydrogens is 1120 g/mol. The van der Waals surface area contributed by atoms with Crippen molar-refractivity contribution in [3.05, 3.63) is 101 Å². The highest BCUT2D eigenvalue weighted by molar-refractivity contribution is 7.13. The van der Waals surface area contributed by atoms with Crippen molar-refractivity contribution in [3.8, 4) is 33.5 Å². The van der Waals surface area contributed by atoms with E-state index < -0.39 is 23.9 Å². The molecule has 22 heteroatoms. The summed E-state index contributed by atoms with van der Waals surface area (Å²) in [4.78, 5) is 72.0. The lowest BCUT2D eigenvalue weighted by molar-refractivity contribution is -0.141. The largest absolute Gasteiger partial charge is 0.508 e. The maximum atomic E-state index is 17.4. The molecule has 10 heterocycles. The van der Waals surface area contributed by atoms with Crippen LogP contribution in [0.15, 0.2) is 76.9 Å². The monoisotopic (exact) mass is 1190 g/mol. The Morgan fingerprint density at radius 1 is 0.942 bits per heavy atom. The Morgan fingerprint density at radius 2 is 1.73 bits per heavy atom. The van der Waals surface area contributed by atoms with E-state index in [0.717, 1.165) is 83.1 Å². The molecule has 6 aliphatic heterocycles. The molecule has 0 aliphatic carbocycles. The van der Waals surface area contributed by atoms with Crippen molar-refractivity contribution in [2.45, 2.75) is 134 Å². The van der Waals surface area contributed by atoms with Crippen LogP contribution in [0.3, 0.4) is 0 Å². The van der Waals surface area contributed by atoms with Crippen LogP contribution in [0.1, 0.15) is 107 Å². The van der Waals surface area contributed by atoms with Crippen molar-refractivity contribution >= 4 is 62.6 Å². The molecule has 6 saturated heterocycles. The Kier molecular flexibility index (Phi) is 15.8. The minimum atomic E-state index is -0.865. The number of rotatable bonds is 16. The first-order chi connectivity index (χ1) is 41.6. The van der Waals surface area contributed by atoms with Crippen LogP contribution in [0, 0.1) is 18.7 Å². The standard InChI is InChI=1S/C64H75FN12O8S/c1-6-39-9-7-10-42-25-46(78)26-48(54(39)42)56-55(65)57-49(29-66-56)59(75-30-43-15-16-44(31-75)69-43)71-62(70-57)84-34-64-18-8-20-77(64)45(17-19-64)33-83-63(82)74-23-21-73(22-24-74)52-28-51(85-72-52)53(36(2)3)61(81)76-32-47(79)27-50(76)60(80)68-37(4)40-11-13-41(14-12-40)58-38(5)67-35-86-58/h7,9-14,25-26,28-29,35-37,43-45,47,50,53,69,78-79H,6,8,15-24,27,30-34H2,1-5H3,(H,68,80)/t37-,43?,44?,45?,47+,50-,53+,64+/m0/s1. The van der Waals surface area contributed by atoms with Gasteiger partial charge >= 0.3 is 12.1 Å². The summed E-state index contributed by atoms with van der Waals surface area (Å²) in [5.74, 6) is -0.688. The van der Waals surface area contributed by atoms with Crippen molar-refractivity contribution in [1.29, 1.82) is 0 Å². The summed E-state index contributed by atoms with van der Waals surface area (Å²) < 4.78 is 36.0. The number of halogens is 1. The second-order valence-electron chi connectivity index (χ2n) is 24.8. The van der Waals surface area contributed by atoms with Crippen molar-refractivity contribution in [3.63, 3.8) is 0 Å². The minimum absolute atomic E-state index is 0.0169. The molecule has 0 saturated carbocycles. The molecule has 0 spiro atoms. The van der Waals surface area contributed by atoms with E-state index in [9.17, 15) is 24.6 Å². The number of ether oxygens (including phenoxy) is 2. The average molecular weight is 1190 g/mol. The number of nitrogens with one attached hydrogen (secondary N) is 2. The SMILES string of the molecule is CCc1cccc2cc(O)cc(-c3ncc4c(N5CC6CCC(C5)N6)nc(OC[C@]56CCCN5C(COC(=O)N5CCN(c7cc([C@H](C(=O)N8C[C@H](O)C[C@H]8C(=O)N[C@@H](C)c8ccc(-c9scnc9C)cc8)C(C)C)on7)CC5)CC6)nc4c3F)c12.